The van der Waals surface area contributed by atoms with Gasteiger partial charge in [0.15, 0.2) is 9.84 Å². The number of aromatic nitrogens is 2. The Labute approximate surface area is 118 Å². The number of sulfone groups is 1. The molecule has 6 nitrogen and oxygen atoms in total. The molecule has 1 aromatic heterocycles. The summed E-state index contributed by atoms with van der Waals surface area (Å²) in [5, 5.41) is 13.6. The lowest BCUT2D eigenvalue weighted by Crippen LogP contribution is -2.28. The largest absolute Gasteiger partial charge is 0.385 e. The average molecular weight is 310 g/mol. The van der Waals surface area contributed by atoms with Gasteiger partial charge in [-0.3, -0.25) is 4.68 Å². The van der Waals surface area contributed by atoms with E-state index >= 15 is 0 Å². The van der Waals surface area contributed by atoms with E-state index in [2.05, 4.69) is 5.10 Å². The molecule has 1 N–H and O–H groups in total. The molecular weight excluding hydrogens is 290 g/mol. The van der Waals surface area contributed by atoms with Gasteiger partial charge in [-0.1, -0.05) is 11.6 Å². The molecule has 19 heavy (non-hydrogen) atoms. The van der Waals surface area contributed by atoms with Gasteiger partial charge >= 0.3 is 0 Å². The number of likely N-dealkylation sites (N-methyl/N-ethyl adjacent to an activating group) is 1. The van der Waals surface area contributed by atoms with Gasteiger partial charge in [0.05, 0.1) is 28.7 Å². The van der Waals surface area contributed by atoms with Crippen LogP contribution in [0.25, 0.3) is 0 Å². The van der Waals surface area contributed by atoms with E-state index in [1.54, 1.807) is 4.68 Å². The molecule has 0 aliphatic heterocycles. The molecule has 0 fully saturated rings. The molecule has 0 aromatic carbocycles. The lowest BCUT2D eigenvalue weighted by molar-refractivity contribution is 0.163. The van der Waals surface area contributed by atoms with Crippen LogP contribution >= 0.6 is 11.6 Å². The van der Waals surface area contributed by atoms with Crippen molar-refractivity contribution < 1.29 is 13.5 Å². The minimum atomic E-state index is -3.35. The van der Waals surface area contributed by atoms with Crippen molar-refractivity contribution in [3.63, 3.8) is 0 Å². The summed E-state index contributed by atoms with van der Waals surface area (Å²) < 4.78 is 24.6. The second-order valence-corrected chi connectivity index (χ2v) is 7.69. The summed E-state index contributed by atoms with van der Waals surface area (Å²) in [6.45, 7) is 2.70. The summed E-state index contributed by atoms with van der Waals surface area (Å²) in [4.78, 5) is 1.96. The van der Waals surface area contributed by atoms with Gasteiger partial charge in [0.25, 0.3) is 0 Å². The number of halogens is 1. The quantitative estimate of drug-likeness (QED) is 0.831. The van der Waals surface area contributed by atoms with Crippen LogP contribution < -0.4 is 0 Å². The number of aliphatic hydroxyl groups excluding tert-OH is 1. The van der Waals surface area contributed by atoms with E-state index in [-0.39, 0.29) is 5.02 Å². The molecule has 1 aromatic rings. The van der Waals surface area contributed by atoms with Gasteiger partial charge in [0.1, 0.15) is 6.10 Å². The Balaban J connectivity index is 3.02. The minimum Gasteiger partial charge on any atom is -0.385 e. The Hall–Kier alpha value is -0.630. The molecule has 2 unspecified atom stereocenters. The standard InChI is InChI=1S/C11H20ClN3O3S/c1-8(19(4,17)18)11(16)10-9(12)7-13-15(10)6-5-14(2)3/h7-8,11,16H,5-6H2,1-4H3. The molecule has 1 rings (SSSR count). The van der Waals surface area contributed by atoms with Gasteiger partial charge < -0.3 is 10.0 Å². The molecule has 110 valence electrons. The fourth-order valence-electron chi connectivity index (χ4n) is 1.60. The van der Waals surface area contributed by atoms with Gasteiger partial charge in [-0.15, -0.1) is 0 Å². The van der Waals surface area contributed by atoms with E-state index in [4.69, 9.17) is 11.6 Å². The topological polar surface area (TPSA) is 75.4 Å². The predicted molar refractivity (Wildman–Crippen MR) is 75.1 cm³/mol. The molecule has 1 heterocycles. The lowest BCUT2D eigenvalue weighted by Gasteiger charge is -2.20. The van der Waals surface area contributed by atoms with Gasteiger partial charge in [0.2, 0.25) is 0 Å². The summed E-state index contributed by atoms with van der Waals surface area (Å²) in [6, 6.07) is 0. The number of nitrogens with zero attached hydrogens (tertiary/aromatic N) is 3. The highest BCUT2D eigenvalue weighted by atomic mass is 35.5. The Morgan fingerprint density at radius 1 is 1.53 bits per heavy atom. The summed E-state index contributed by atoms with van der Waals surface area (Å²) in [6.07, 6.45) is 1.33. The highest BCUT2D eigenvalue weighted by molar-refractivity contribution is 7.91. The maximum absolute atomic E-state index is 11.5. The van der Waals surface area contributed by atoms with Crippen LogP contribution in [-0.2, 0) is 16.4 Å². The molecule has 8 heteroatoms. The van der Waals surface area contributed by atoms with E-state index in [9.17, 15) is 13.5 Å². The van der Waals surface area contributed by atoms with Crippen LogP contribution in [0.4, 0.5) is 0 Å². The van der Waals surface area contributed by atoms with Crippen LogP contribution in [0.3, 0.4) is 0 Å². The SMILES string of the molecule is CC(C(O)c1c(Cl)cnn1CCN(C)C)S(C)(=O)=O. The first-order chi connectivity index (χ1) is 8.64. The van der Waals surface area contributed by atoms with Gasteiger partial charge in [0, 0.05) is 12.8 Å². The average Bonchev–Trinajstić information content (AvgIpc) is 2.64. The number of hydrogen-bond donors (Lipinski definition) is 1. The predicted octanol–water partition coefficient (Wildman–Crippen LogP) is 0.565. The zero-order chi connectivity index (χ0) is 14.8. The van der Waals surface area contributed by atoms with Crippen molar-refractivity contribution in [1.29, 1.82) is 0 Å². The summed E-state index contributed by atoms with van der Waals surface area (Å²) in [5.41, 5.74) is 0.349. The van der Waals surface area contributed by atoms with Crippen LogP contribution in [0.5, 0.6) is 0 Å². The van der Waals surface area contributed by atoms with Crippen molar-refractivity contribution in [3.05, 3.63) is 16.9 Å². The van der Waals surface area contributed by atoms with Crippen LogP contribution in [0.1, 0.15) is 18.7 Å². The van der Waals surface area contributed by atoms with Gasteiger partial charge in [-0.05, 0) is 21.0 Å². The fraction of sp³-hybridized carbons (Fsp3) is 0.727. The molecule has 0 amide bonds. The first-order valence-corrected chi connectivity index (χ1v) is 8.20. The minimum absolute atomic E-state index is 0.279. The van der Waals surface area contributed by atoms with Gasteiger partial charge in [-0.25, -0.2) is 8.42 Å². The Bertz CT molecular complexity index is 527. The lowest BCUT2D eigenvalue weighted by atomic mass is 10.2. The van der Waals surface area contributed by atoms with E-state index in [1.165, 1.54) is 13.1 Å². The van der Waals surface area contributed by atoms with Crippen molar-refractivity contribution in [3.8, 4) is 0 Å². The molecule has 0 aliphatic carbocycles. The smallest absolute Gasteiger partial charge is 0.152 e. The second-order valence-electron chi connectivity index (χ2n) is 4.88. The molecule has 0 radical (unpaired) electrons. The molecule has 0 saturated carbocycles. The van der Waals surface area contributed by atoms with Crippen LogP contribution in [-0.4, -0.2) is 60.4 Å². The third-order valence-electron chi connectivity index (χ3n) is 2.99. The molecule has 0 saturated heterocycles. The van der Waals surface area contributed by atoms with E-state index in [0.717, 1.165) is 6.26 Å². The summed E-state index contributed by atoms with van der Waals surface area (Å²) in [5.74, 6) is 0. The number of hydrogen-bond acceptors (Lipinski definition) is 5. The second kappa shape index (κ2) is 6.21. The highest BCUT2D eigenvalue weighted by Crippen LogP contribution is 2.27. The molecule has 0 spiro atoms. The number of rotatable bonds is 6. The zero-order valence-corrected chi connectivity index (χ0v) is 13.1. The summed E-state index contributed by atoms with van der Waals surface area (Å²) >= 11 is 6.00. The van der Waals surface area contributed by atoms with Crippen molar-refractivity contribution in [1.82, 2.24) is 14.7 Å². The van der Waals surface area contributed by atoms with Crippen LogP contribution in [0.2, 0.25) is 5.02 Å². The molecule has 2 atom stereocenters. The molecule has 0 bridgehead atoms. The first-order valence-electron chi connectivity index (χ1n) is 5.87. The zero-order valence-electron chi connectivity index (χ0n) is 11.5. The van der Waals surface area contributed by atoms with Crippen molar-refractivity contribution in [2.24, 2.45) is 0 Å². The fourth-order valence-corrected chi connectivity index (χ4v) is 2.45. The third-order valence-corrected chi connectivity index (χ3v) is 4.89. The Morgan fingerprint density at radius 3 is 2.58 bits per heavy atom. The normalized spacial score (nSPS) is 15.7. The summed E-state index contributed by atoms with van der Waals surface area (Å²) in [7, 11) is 0.481. The van der Waals surface area contributed by atoms with Crippen molar-refractivity contribution in [2.45, 2.75) is 24.8 Å². The maximum atomic E-state index is 11.5. The number of aliphatic hydroxyl groups is 1. The van der Waals surface area contributed by atoms with E-state index in [0.29, 0.717) is 18.8 Å². The monoisotopic (exact) mass is 309 g/mol. The van der Waals surface area contributed by atoms with Crippen molar-refractivity contribution in [2.75, 3.05) is 26.9 Å². The van der Waals surface area contributed by atoms with Crippen LogP contribution in [0.15, 0.2) is 6.20 Å². The van der Waals surface area contributed by atoms with Gasteiger partial charge in [-0.2, -0.15) is 5.10 Å². The molecule has 0 aliphatic rings. The van der Waals surface area contributed by atoms with E-state index < -0.39 is 21.2 Å². The van der Waals surface area contributed by atoms with Crippen LogP contribution in [0, 0.1) is 0 Å². The first kappa shape index (κ1) is 16.4. The highest BCUT2D eigenvalue weighted by Gasteiger charge is 2.30. The Kier molecular flexibility index (Phi) is 5.37. The van der Waals surface area contributed by atoms with E-state index in [1.807, 2.05) is 19.0 Å². The maximum Gasteiger partial charge on any atom is 0.152 e. The Morgan fingerprint density at radius 2 is 2.11 bits per heavy atom. The van der Waals surface area contributed by atoms with Crippen molar-refractivity contribution >= 4 is 21.4 Å². The molecular formula is C11H20ClN3O3S. The third kappa shape index (κ3) is 4.17.